The van der Waals surface area contributed by atoms with Crippen molar-refractivity contribution in [3.05, 3.63) is 108 Å². The SMILES string of the molecule is c1ccc(CSCc2cccc(-c3cccc(CSCc4ccccn4)n3)n2)nc1. The van der Waals surface area contributed by atoms with Crippen molar-refractivity contribution in [2.75, 3.05) is 0 Å². The molecule has 4 rings (SSSR count). The molecule has 0 bridgehead atoms. The molecule has 0 spiro atoms. The molecule has 0 aliphatic heterocycles. The first-order chi connectivity index (χ1) is 14.9. The van der Waals surface area contributed by atoms with E-state index in [9.17, 15) is 0 Å². The second kappa shape index (κ2) is 10.9. The number of pyridine rings is 4. The Kier molecular flexibility index (Phi) is 7.47. The number of nitrogens with zero attached hydrogens (tertiary/aromatic N) is 4. The fraction of sp³-hybridized carbons (Fsp3) is 0.167. The minimum Gasteiger partial charge on any atom is -0.260 e. The van der Waals surface area contributed by atoms with Crippen LogP contribution in [0.25, 0.3) is 11.4 Å². The van der Waals surface area contributed by atoms with Crippen LogP contribution in [0, 0.1) is 0 Å². The Hall–Kier alpha value is -2.70. The van der Waals surface area contributed by atoms with Gasteiger partial charge in [-0.1, -0.05) is 24.3 Å². The Labute approximate surface area is 185 Å². The quantitative estimate of drug-likeness (QED) is 0.334. The largest absolute Gasteiger partial charge is 0.260 e. The topological polar surface area (TPSA) is 51.6 Å². The van der Waals surface area contributed by atoms with Gasteiger partial charge in [-0.15, -0.1) is 23.5 Å². The van der Waals surface area contributed by atoms with Gasteiger partial charge in [-0.25, -0.2) is 0 Å². The number of hydrogen-bond donors (Lipinski definition) is 0. The van der Waals surface area contributed by atoms with Gasteiger partial charge in [0.1, 0.15) is 0 Å². The van der Waals surface area contributed by atoms with Crippen LogP contribution in [0.5, 0.6) is 0 Å². The molecule has 30 heavy (non-hydrogen) atoms. The van der Waals surface area contributed by atoms with E-state index in [1.807, 2.05) is 72.3 Å². The Morgan fingerprint density at radius 3 is 1.33 bits per heavy atom. The molecule has 0 saturated heterocycles. The lowest BCUT2D eigenvalue weighted by Gasteiger charge is -2.07. The molecular formula is C24H22N4S2. The standard InChI is InChI=1S/C24H22N4S2/c1-3-13-25-19(7-1)15-29-17-21-9-5-11-23(27-21)24-12-6-10-22(28-24)18-30-16-20-8-2-4-14-26-20/h1-14H,15-18H2. The predicted octanol–water partition coefficient (Wildman–Crippen LogP) is 5.80. The van der Waals surface area contributed by atoms with E-state index >= 15 is 0 Å². The highest BCUT2D eigenvalue weighted by Gasteiger charge is 2.05. The molecule has 0 amide bonds. The van der Waals surface area contributed by atoms with E-state index in [1.54, 1.807) is 0 Å². The third-order valence-electron chi connectivity index (χ3n) is 4.33. The second-order valence-electron chi connectivity index (χ2n) is 6.66. The Morgan fingerprint density at radius 1 is 0.467 bits per heavy atom. The Morgan fingerprint density at radius 2 is 0.900 bits per heavy atom. The van der Waals surface area contributed by atoms with Crippen LogP contribution in [0.3, 0.4) is 0 Å². The summed E-state index contributed by atoms with van der Waals surface area (Å²) in [6.07, 6.45) is 3.67. The van der Waals surface area contributed by atoms with Gasteiger partial charge in [-0.3, -0.25) is 19.9 Å². The molecule has 4 nitrogen and oxygen atoms in total. The first-order valence-electron chi connectivity index (χ1n) is 9.74. The van der Waals surface area contributed by atoms with Gasteiger partial charge in [0.05, 0.1) is 34.2 Å². The molecule has 4 heterocycles. The zero-order valence-corrected chi connectivity index (χ0v) is 18.1. The summed E-state index contributed by atoms with van der Waals surface area (Å²) in [5.41, 5.74) is 6.15. The fourth-order valence-electron chi connectivity index (χ4n) is 2.89. The third-order valence-corrected chi connectivity index (χ3v) is 6.33. The van der Waals surface area contributed by atoms with Crippen molar-refractivity contribution in [2.24, 2.45) is 0 Å². The van der Waals surface area contributed by atoms with Gasteiger partial charge in [0.2, 0.25) is 0 Å². The van der Waals surface area contributed by atoms with E-state index in [0.29, 0.717) is 0 Å². The van der Waals surface area contributed by atoms with E-state index in [2.05, 4.69) is 46.4 Å². The van der Waals surface area contributed by atoms with E-state index in [-0.39, 0.29) is 0 Å². The van der Waals surface area contributed by atoms with Gasteiger partial charge in [-0.05, 0) is 48.5 Å². The lowest BCUT2D eigenvalue weighted by Crippen LogP contribution is -1.95. The molecule has 0 saturated carbocycles. The maximum absolute atomic E-state index is 4.82. The minimum absolute atomic E-state index is 0.851. The number of thioether (sulfide) groups is 2. The lowest BCUT2D eigenvalue weighted by molar-refractivity contribution is 1.12. The van der Waals surface area contributed by atoms with Crippen molar-refractivity contribution in [1.29, 1.82) is 0 Å². The van der Waals surface area contributed by atoms with Gasteiger partial charge in [0.15, 0.2) is 0 Å². The van der Waals surface area contributed by atoms with Crippen LogP contribution in [0.15, 0.2) is 85.2 Å². The van der Waals surface area contributed by atoms with E-state index in [0.717, 1.165) is 57.2 Å². The van der Waals surface area contributed by atoms with Crippen molar-refractivity contribution >= 4 is 23.5 Å². The van der Waals surface area contributed by atoms with Crippen LogP contribution in [-0.4, -0.2) is 19.9 Å². The highest BCUT2D eigenvalue weighted by atomic mass is 32.2. The van der Waals surface area contributed by atoms with E-state index < -0.39 is 0 Å². The van der Waals surface area contributed by atoms with Crippen molar-refractivity contribution in [1.82, 2.24) is 19.9 Å². The van der Waals surface area contributed by atoms with Crippen LogP contribution in [0.4, 0.5) is 0 Å². The summed E-state index contributed by atoms with van der Waals surface area (Å²) in [7, 11) is 0. The van der Waals surface area contributed by atoms with Crippen LogP contribution in [0.1, 0.15) is 22.8 Å². The average Bonchev–Trinajstić information content (AvgIpc) is 2.81. The first kappa shape index (κ1) is 20.6. The van der Waals surface area contributed by atoms with Gasteiger partial charge in [0, 0.05) is 35.4 Å². The molecule has 0 unspecified atom stereocenters. The van der Waals surface area contributed by atoms with Gasteiger partial charge < -0.3 is 0 Å². The van der Waals surface area contributed by atoms with E-state index in [1.165, 1.54) is 0 Å². The highest BCUT2D eigenvalue weighted by Crippen LogP contribution is 2.21. The number of hydrogen-bond acceptors (Lipinski definition) is 6. The Balaban J connectivity index is 1.35. The van der Waals surface area contributed by atoms with Crippen LogP contribution >= 0.6 is 23.5 Å². The van der Waals surface area contributed by atoms with Crippen molar-refractivity contribution in [3.63, 3.8) is 0 Å². The molecule has 4 aromatic heterocycles. The summed E-state index contributed by atoms with van der Waals surface area (Å²) in [5.74, 6) is 3.47. The summed E-state index contributed by atoms with van der Waals surface area (Å²) < 4.78 is 0. The molecule has 0 N–H and O–H groups in total. The third kappa shape index (κ3) is 6.15. The summed E-state index contributed by atoms with van der Waals surface area (Å²) in [5, 5.41) is 0. The maximum Gasteiger partial charge on any atom is 0.0889 e. The van der Waals surface area contributed by atoms with Crippen molar-refractivity contribution < 1.29 is 0 Å². The van der Waals surface area contributed by atoms with Crippen LogP contribution in [0.2, 0.25) is 0 Å². The van der Waals surface area contributed by atoms with Crippen molar-refractivity contribution in [3.8, 4) is 11.4 Å². The molecule has 0 aliphatic rings. The molecule has 4 aromatic rings. The second-order valence-corrected chi connectivity index (χ2v) is 8.63. The minimum atomic E-state index is 0.851. The average molecular weight is 431 g/mol. The highest BCUT2D eigenvalue weighted by molar-refractivity contribution is 7.97. The van der Waals surface area contributed by atoms with Gasteiger partial charge >= 0.3 is 0 Å². The Bertz CT molecular complexity index is 972. The molecule has 0 aliphatic carbocycles. The first-order valence-corrected chi connectivity index (χ1v) is 12.1. The van der Waals surface area contributed by atoms with Crippen molar-refractivity contribution in [2.45, 2.75) is 23.0 Å². The zero-order valence-electron chi connectivity index (χ0n) is 16.5. The molecule has 0 aromatic carbocycles. The summed E-state index contributed by atoms with van der Waals surface area (Å²) in [6, 6.07) is 24.4. The molecular weight excluding hydrogens is 408 g/mol. The number of rotatable bonds is 9. The molecule has 0 atom stereocenters. The van der Waals surface area contributed by atoms with Crippen LogP contribution < -0.4 is 0 Å². The molecule has 0 radical (unpaired) electrons. The van der Waals surface area contributed by atoms with Gasteiger partial charge in [-0.2, -0.15) is 0 Å². The zero-order chi connectivity index (χ0) is 20.4. The summed E-state index contributed by atoms with van der Waals surface area (Å²) >= 11 is 3.64. The molecule has 150 valence electrons. The summed E-state index contributed by atoms with van der Waals surface area (Å²) in [6.45, 7) is 0. The van der Waals surface area contributed by atoms with Crippen LogP contribution in [-0.2, 0) is 23.0 Å². The smallest absolute Gasteiger partial charge is 0.0889 e. The molecule has 0 fully saturated rings. The predicted molar refractivity (Wildman–Crippen MR) is 126 cm³/mol. The maximum atomic E-state index is 4.82. The monoisotopic (exact) mass is 430 g/mol. The molecule has 6 heteroatoms. The lowest BCUT2D eigenvalue weighted by atomic mass is 10.2. The normalized spacial score (nSPS) is 10.8. The van der Waals surface area contributed by atoms with Gasteiger partial charge in [0.25, 0.3) is 0 Å². The number of aromatic nitrogens is 4. The summed E-state index contributed by atoms with van der Waals surface area (Å²) in [4.78, 5) is 18.4. The van der Waals surface area contributed by atoms with E-state index in [4.69, 9.17) is 9.97 Å². The fourth-order valence-corrected chi connectivity index (χ4v) is 4.60.